The minimum Gasteiger partial charge on any atom is -0.492 e. The average molecular weight is 361 g/mol. The Morgan fingerprint density at radius 3 is 2.45 bits per heavy atom. The lowest BCUT2D eigenvalue weighted by Gasteiger charge is -2.12. The molecule has 0 fully saturated rings. The highest BCUT2D eigenvalue weighted by Crippen LogP contribution is 2.26. The molecule has 22 heavy (non-hydrogen) atoms. The molecule has 2 N–H and O–H groups in total. The number of carboxylic acid groups (broad SMARTS) is 1. The van der Waals surface area contributed by atoms with Gasteiger partial charge >= 0.3 is 5.97 Å². The number of hydrogen-bond acceptors (Lipinski definition) is 3. The van der Waals surface area contributed by atoms with Crippen LogP contribution in [0.25, 0.3) is 0 Å². The predicted molar refractivity (Wildman–Crippen MR) is 88.9 cm³/mol. The molecule has 0 atom stereocenters. The first-order valence-corrected chi connectivity index (χ1v) is 7.45. The number of hydrogen-bond donors (Lipinski definition) is 2. The fourth-order valence-electron chi connectivity index (χ4n) is 1.84. The van der Waals surface area contributed by atoms with Crippen LogP contribution in [-0.4, -0.2) is 24.2 Å². The minimum absolute atomic E-state index is 0.110. The molecular formula is C15H12Cl3NO3. The molecular weight excluding hydrogens is 349 g/mol. The molecule has 0 unspecified atom stereocenters. The maximum atomic E-state index is 11.1. The second-order valence-corrected chi connectivity index (χ2v) is 5.63. The van der Waals surface area contributed by atoms with E-state index in [1.807, 2.05) is 0 Å². The second kappa shape index (κ2) is 7.58. The third-order valence-corrected chi connectivity index (χ3v) is 3.50. The maximum absolute atomic E-state index is 11.1. The van der Waals surface area contributed by atoms with Crippen molar-refractivity contribution < 1.29 is 14.6 Å². The maximum Gasteiger partial charge on any atom is 0.337 e. The van der Waals surface area contributed by atoms with Crippen LogP contribution >= 0.6 is 34.8 Å². The SMILES string of the molecule is O=C(O)c1cccc(Cl)c1NCCOc1cc(Cl)cc(Cl)c1. The van der Waals surface area contributed by atoms with Crippen LogP contribution in [0.3, 0.4) is 0 Å². The molecule has 0 saturated carbocycles. The van der Waals surface area contributed by atoms with Crippen molar-refractivity contribution in [1.29, 1.82) is 0 Å². The third-order valence-electron chi connectivity index (χ3n) is 2.75. The van der Waals surface area contributed by atoms with Gasteiger partial charge in [-0.2, -0.15) is 0 Å². The van der Waals surface area contributed by atoms with Crippen molar-refractivity contribution in [3.8, 4) is 5.75 Å². The zero-order chi connectivity index (χ0) is 16.1. The van der Waals surface area contributed by atoms with Gasteiger partial charge in [-0.05, 0) is 30.3 Å². The van der Waals surface area contributed by atoms with Gasteiger partial charge < -0.3 is 15.2 Å². The van der Waals surface area contributed by atoms with E-state index in [1.54, 1.807) is 30.3 Å². The fraction of sp³-hybridized carbons (Fsp3) is 0.133. The first-order valence-electron chi connectivity index (χ1n) is 6.32. The third kappa shape index (κ3) is 4.44. The normalized spacial score (nSPS) is 10.3. The minimum atomic E-state index is -1.05. The molecule has 0 heterocycles. The van der Waals surface area contributed by atoms with Gasteiger partial charge in [0.2, 0.25) is 0 Å². The number of nitrogens with one attached hydrogen (secondary N) is 1. The van der Waals surface area contributed by atoms with Crippen LogP contribution < -0.4 is 10.1 Å². The topological polar surface area (TPSA) is 58.6 Å². The molecule has 0 amide bonds. The summed E-state index contributed by atoms with van der Waals surface area (Å²) >= 11 is 17.8. The van der Waals surface area contributed by atoms with Gasteiger partial charge in [-0.1, -0.05) is 40.9 Å². The van der Waals surface area contributed by atoms with Crippen molar-refractivity contribution in [1.82, 2.24) is 0 Å². The van der Waals surface area contributed by atoms with Crippen LogP contribution in [-0.2, 0) is 0 Å². The molecule has 0 spiro atoms. The summed E-state index contributed by atoms with van der Waals surface area (Å²) < 4.78 is 5.51. The summed E-state index contributed by atoms with van der Waals surface area (Å²) in [5.41, 5.74) is 0.475. The highest BCUT2D eigenvalue weighted by Gasteiger charge is 2.12. The first-order chi connectivity index (χ1) is 10.5. The summed E-state index contributed by atoms with van der Waals surface area (Å²) in [5.74, 6) is -0.510. The van der Waals surface area contributed by atoms with E-state index in [4.69, 9.17) is 44.6 Å². The molecule has 0 aliphatic rings. The summed E-state index contributed by atoms with van der Waals surface area (Å²) in [6, 6.07) is 9.58. The molecule has 7 heteroatoms. The van der Waals surface area contributed by atoms with Crippen LogP contribution in [0, 0.1) is 0 Å². The molecule has 2 rings (SSSR count). The van der Waals surface area contributed by atoms with Crippen molar-refractivity contribution in [2.24, 2.45) is 0 Å². The number of ether oxygens (including phenoxy) is 1. The molecule has 0 saturated heterocycles. The van der Waals surface area contributed by atoms with Gasteiger partial charge in [-0.25, -0.2) is 4.79 Å². The van der Waals surface area contributed by atoms with Crippen LogP contribution in [0.1, 0.15) is 10.4 Å². The van der Waals surface area contributed by atoms with Gasteiger partial charge in [0.15, 0.2) is 0 Å². The number of para-hydroxylation sites is 1. The van der Waals surface area contributed by atoms with Gasteiger partial charge in [0.25, 0.3) is 0 Å². The zero-order valence-corrected chi connectivity index (χ0v) is 13.5. The summed E-state index contributed by atoms with van der Waals surface area (Å²) in [5, 5.41) is 13.4. The van der Waals surface area contributed by atoms with Crippen LogP contribution in [0.15, 0.2) is 36.4 Å². The van der Waals surface area contributed by atoms with Crippen molar-refractivity contribution in [3.05, 3.63) is 57.0 Å². The van der Waals surface area contributed by atoms with E-state index in [1.165, 1.54) is 6.07 Å². The first kappa shape index (κ1) is 16.7. The number of carbonyl (C=O) groups is 1. The van der Waals surface area contributed by atoms with E-state index in [-0.39, 0.29) is 5.56 Å². The Labute approximate surface area is 142 Å². The number of benzene rings is 2. The smallest absolute Gasteiger partial charge is 0.337 e. The standard InChI is InChI=1S/C15H12Cl3NO3/c16-9-6-10(17)8-11(7-9)22-5-4-19-14-12(15(20)21)2-1-3-13(14)18/h1-3,6-8,19H,4-5H2,(H,20,21). The molecule has 0 radical (unpaired) electrons. The highest BCUT2D eigenvalue weighted by atomic mass is 35.5. The number of rotatable bonds is 6. The number of anilines is 1. The van der Waals surface area contributed by atoms with E-state index in [0.29, 0.717) is 39.7 Å². The van der Waals surface area contributed by atoms with Crippen LogP contribution in [0.4, 0.5) is 5.69 Å². The molecule has 116 valence electrons. The number of carboxylic acids is 1. The Hall–Kier alpha value is -1.62. The van der Waals surface area contributed by atoms with Gasteiger partial charge in [-0.3, -0.25) is 0 Å². The van der Waals surface area contributed by atoms with Crippen LogP contribution in [0.5, 0.6) is 5.75 Å². The Morgan fingerprint density at radius 2 is 1.82 bits per heavy atom. The molecule has 0 aliphatic carbocycles. The van der Waals surface area contributed by atoms with Gasteiger partial charge in [0.05, 0.1) is 16.3 Å². The van der Waals surface area contributed by atoms with Gasteiger partial charge in [-0.15, -0.1) is 0 Å². The van der Waals surface area contributed by atoms with Gasteiger partial charge in [0.1, 0.15) is 12.4 Å². The van der Waals surface area contributed by atoms with E-state index >= 15 is 0 Å². The molecule has 0 aliphatic heterocycles. The fourth-order valence-corrected chi connectivity index (χ4v) is 2.59. The van der Waals surface area contributed by atoms with E-state index in [2.05, 4.69) is 5.32 Å². The molecule has 2 aromatic carbocycles. The summed E-state index contributed by atoms with van der Waals surface area (Å²) in [4.78, 5) is 11.1. The molecule has 0 aromatic heterocycles. The van der Waals surface area contributed by atoms with Crippen molar-refractivity contribution in [2.75, 3.05) is 18.5 Å². The number of halogens is 3. The average Bonchev–Trinajstić information content (AvgIpc) is 2.43. The van der Waals surface area contributed by atoms with E-state index in [9.17, 15) is 4.79 Å². The van der Waals surface area contributed by atoms with Crippen LogP contribution in [0.2, 0.25) is 15.1 Å². The lowest BCUT2D eigenvalue weighted by atomic mass is 10.2. The largest absolute Gasteiger partial charge is 0.492 e. The van der Waals surface area contributed by atoms with Gasteiger partial charge in [0, 0.05) is 16.6 Å². The number of aromatic carboxylic acids is 1. The molecule has 2 aromatic rings. The predicted octanol–water partition coefficient (Wildman–Crippen LogP) is 4.84. The summed E-state index contributed by atoms with van der Waals surface area (Å²) in [6.07, 6.45) is 0. The second-order valence-electron chi connectivity index (χ2n) is 4.35. The Morgan fingerprint density at radius 1 is 1.14 bits per heavy atom. The zero-order valence-electron chi connectivity index (χ0n) is 11.3. The van der Waals surface area contributed by atoms with Crippen molar-refractivity contribution in [3.63, 3.8) is 0 Å². The van der Waals surface area contributed by atoms with E-state index in [0.717, 1.165) is 0 Å². The Bertz CT molecular complexity index is 671. The summed E-state index contributed by atoms with van der Waals surface area (Å²) in [6.45, 7) is 0.662. The Kier molecular flexibility index (Phi) is 5.77. The van der Waals surface area contributed by atoms with Crippen molar-refractivity contribution in [2.45, 2.75) is 0 Å². The molecule has 0 bridgehead atoms. The lowest BCUT2D eigenvalue weighted by molar-refractivity contribution is 0.0698. The highest BCUT2D eigenvalue weighted by molar-refractivity contribution is 6.35. The van der Waals surface area contributed by atoms with E-state index < -0.39 is 5.97 Å². The lowest BCUT2D eigenvalue weighted by Crippen LogP contribution is -2.14. The quantitative estimate of drug-likeness (QED) is 0.724. The monoisotopic (exact) mass is 359 g/mol. The Balaban J connectivity index is 1.96. The van der Waals surface area contributed by atoms with Crippen molar-refractivity contribution >= 4 is 46.5 Å². The summed E-state index contributed by atoms with van der Waals surface area (Å²) in [7, 11) is 0. The molecule has 4 nitrogen and oxygen atoms in total.